The maximum Gasteiger partial charge on any atom is 0.271 e. The van der Waals surface area contributed by atoms with Gasteiger partial charge in [0, 0.05) is 57.2 Å². The molecule has 0 bridgehead atoms. The first-order valence-corrected chi connectivity index (χ1v) is 11.8. The molecule has 3 rings (SSSR count). The van der Waals surface area contributed by atoms with Crippen LogP contribution in [0.1, 0.15) is 41.9 Å². The van der Waals surface area contributed by atoms with Gasteiger partial charge in [0.15, 0.2) is 0 Å². The molecule has 0 aromatic carbocycles. The Balaban J connectivity index is 1.57. The minimum atomic E-state index is -3.13. The molecule has 2 N–H and O–H groups in total. The highest BCUT2D eigenvalue weighted by molar-refractivity contribution is 7.88. The van der Waals surface area contributed by atoms with Crippen molar-refractivity contribution >= 4 is 15.9 Å². The second kappa shape index (κ2) is 9.34. The fraction of sp³-hybridized carbons (Fsp3) is 0.778. The summed E-state index contributed by atoms with van der Waals surface area (Å²) in [5.74, 6) is -0.178. The molecule has 28 heavy (non-hydrogen) atoms. The number of hydrogen-bond donors (Lipinski definition) is 2. The van der Waals surface area contributed by atoms with Gasteiger partial charge in [0.05, 0.1) is 6.26 Å². The molecule has 2 aliphatic rings. The van der Waals surface area contributed by atoms with E-state index in [1.807, 2.05) is 6.92 Å². The number of H-pyrrole nitrogens is 1. The normalized spacial score (nSPS) is 20.5. The van der Waals surface area contributed by atoms with E-state index >= 15 is 0 Å². The SMILES string of the molecule is Cc1cc(C(=O)NCCN(C2CCOCC2)C2CCN(S(C)(=O)=O)CC2)n[nH]1. The minimum Gasteiger partial charge on any atom is -0.381 e. The molecule has 0 radical (unpaired) electrons. The van der Waals surface area contributed by atoms with Gasteiger partial charge in [-0.15, -0.1) is 0 Å². The van der Waals surface area contributed by atoms with Crippen molar-refractivity contribution < 1.29 is 17.9 Å². The van der Waals surface area contributed by atoms with E-state index in [9.17, 15) is 13.2 Å². The van der Waals surface area contributed by atoms with Gasteiger partial charge in [0.1, 0.15) is 5.69 Å². The molecule has 0 aliphatic carbocycles. The molecule has 2 fully saturated rings. The first kappa shape index (κ1) is 21.2. The summed E-state index contributed by atoms with van der Waals surface area (Å²) in [5, 5.41) is 9.73. The van der Waals surface area contributed by atoms with Crippen LogP contribution in [0.2, 0.25) is 0 Å². The highest BCUT2D eigenvalue weighted by atomic mass is 32.2. The molecule has 1 aromatic heterocycles. The third-order valence-electron chi connectivity index (χ3n) is 5.62. The number of rotatable bonds is 7. The summed E-state index contributed by atoms with van der Waals surface area (Å²) < 4.78 is 30.6. The van der Waals surface area contributed by atoms with Crippen LogP contribution >= 0.6 is 0 Å². The van der Waals surface area contributed by atoms with Crippen molar-refractivity contribution in [3.05, 3.63) is 17.5 Å². The van der Waals surface area contributed by atoms with Crippen LogP contribution in [0.4, 0.5) is 0 Å². The van der Waals surface area contributed by atoms with Gasteiger partial charge in [0.2, 0.25) is 10.0 Å². The Morgan fingerprint density at radius 1 is 1.29 bits per heavy atom. The number of aryl methyl sites for hydroxylation is 1. The largest absolute Gasteiger partial charge is 0.381 e. The summed E-state index contributed by atoms with van der Waals surface area (Å²) in [6.07, 6.45) is 4.85. The van der Waals surface area contributed by atoms with Crippen molar-refractivity contribution in [2.24, 2.45) is 0 Å². The molecule has 3 heterocycles. The molecule has 1 aromatic rings. The fourth-order valence-electron chi connectivity index (χ4n) is 4.11. The Kier molecular flexibility index (Phi) is 7.08. The van der Waals surface area contributed by atoms with Crippen molar-refractivity contribution in [1.82, 2.24) is 24.7 Å². The van der Waals surface area contributed by atoms with Crippen molar-refractivity contribution in [3.63, 3.8) is 0 Å². The molecule has 0 saturated carbocycles. The summed E-state index contributed by atoms with van der Waals surface area (Å²) in [5.41, 5.74) is 1.25. The van der Waals surface area contributed by atoms with Gasteiger partial charge in [0.25, 0.3) is 5.91 Å². The number of hydrogen-bond acceptors (Lipinski definition) is 6. The maximum absolute atomic E-state index is 12.2. The van der Waals surface area contributed by atoms with Crippen LogP contribution in [0.25, 0.3) is 0 Å². The Bertz CT molecular complexity index is 752. The van der Waals surface area contributed by atoms with Crippen LogP contribution in [-0.2, 0) is 14.8 Å². The monoisotopic (exact) mass is 413 g/mol. The van der Waals surface area contributed by atoms with E-state index in [-0.39, 0.29) is 5.91 Å². The molecule has 10 heteroatoms. The molecule has 2 aliphatic heterocycles. The third kappa shape index (κ3) is 5.53. The van der Waals surface area contributed by atoms with Crippen LogP contribution in [0.15, 0.2) is 6.07 Å². The summed E-state index contributed by atoms with van der Waals surface area (Å²) in [7, 11) is -3.13. The van der Waals surface area contributed by atoms with Crippen molar-refractivity contribution in [2.75, 3.05) is 45.6 Å². The smallest absolute Gasteiger partial charge is 0.271 e. The highest BCUT2D eigenvalue weighted by Crippen LogP contribution is 2.24. The van der Waals surface area contributed by atoms with E-state index < -0.39 is 10.0 Å². The van der Waals surface area contributed by atoms with Crippen molar-refractivity contribution in [3.8, 4) is 0 Å². The number of amides is 1. The number of ether oxygens (including phenoxy) is 1. The quantitative estimate of drug-likeness (QED) is 0.668. The van der Waals surface area contributed by atoms with E-state index in [0.29, 0.717) is 37.4 Å². The lowest BCUT2D eigenvalue weighted by Gasteiger charge is -2.43. The summed E-state index contributed by atoms with van der Waals surface area (Å²) in [4.78, 5) is 14.7. The zero-order chi connectivity index (χ0) is 20.1. The first-order valence-electron chi connectivity index (χ1n) is 9.93. The van der Waals surface area contributed by atoms with Crippen LogP contribution in [0.5, 0.6) is 0 Å². The van der Waals surface area contributed by atoms with E-state index in [0.717, 1.165) is 51.1 Å². The number of aromatic nitrogens is 2. The van der Waals surface area contributed by atoms with Gasteiger partial charge in [-0.05, 0) is 38.7 Å². The molecular formula is C18H31N5O4S. The fourth-order valence-corrected chi connectivity index (χ4v) is 4.98. The number of piperidine rings is 1. The Morgan fingerprint density at radius 3 is 2.50 bits per heavy atom. The van der Waals surface area contributed by atoms with E-state index in [1.54, 1.807) is 10.4 Å². The maximum atomic E-state index is 12.2. The van der Waals surface area contributed by atoms with Crippen molar-refractivity contribution in [1.29, 1.82) is 0 Å². The predicted octanol–water partition coefficient (Wildman–Crippen LogP) is 0.353. The molecular weight excluding hydrogens is 382 g/mol. The molecule has 9 nitrogen and oxygen atoms in total. The minimum absolute atomic E-state index is 0.178. The van der Waals surface area contributed by atoms with Crippen LogP contribution in [0, 0.1) is 6.92 Å². The lowest BCUT2D eigenvalue weighted by molar-refractivity contribution is 0.00747. The molecule has 1 amide bonds. The number of sulfonamides is 1. The average molecular weight is 414 g/mol. The molecule has 158 valence electrons. The van der Waals surface area contributed by atoms with Crippen LogP contribution < -0.4 is 5.32 Å². The standard InChI is InChI=1S/C18H31N5O4S/c1-14-13-17(21-20-14)18(24)19-7-10-23(16-5-11-27-12-6-16)15-3-8-22(9-4-15)28(2,25)26/h13,15-16H,3-12H2,1-2H3,(H,19,24)(H,20,21). The van der Waals surface area contributed by atoms with Gasteiger partial charge in [-0.1, -0.05) is 0 Å². The molecule has 2 saturated heterocycles. The lowest BCUT2D eigenvalue weighted by Crippen LogP contribution is -2.53. The Hall–Kier alpha value is -1.49. The summed E-state index contributed by atoms with van der Waals surface area (Å²) >= 11 is 0. The van der Waals surface area contributed by atoms with Crippen LogP contribution in [0.3, 0.4) is 0 Å². The molecule has 0 spiro atoms. The predicted molar refractivity (Wildman–Crippen MR) is 106 cm³/mol. The van der Waals surface area contributed by atoms with E-state index in [1.165, 1.54) is 6.26 Å². The average Bonchev–Trinajstić information content (AvgIpc) is 3.12. The Morgan fingerprint density at radius 2 is 1.93 bits per heavy atom. The number of carbonyl (C=O) groups is 1. The van der Waals surface area contributed by atoms with E-state index in [2.05, 4.69) is 20.4 Å². The number of nitrogens with zero attached hydrogens (tertiary/aromatic N) is 3. The second-order valence-corrected chi connectivity index (χ2v) is 9.65. The highest BCUT2D eigenvalue weighted by Gasteiger charge is 2.32. The second-order valence-electron chi connectivity index (χ2n) is 7.67. The zero-order valence-corrected chi connectivity index (χ0v) is 17.5. The Labute approximate surface area is 166 Å². The van der Waals surface area contributed by atoms with Crippen molar-refractivity contribution in [2.45, 2.75) is 44.7 Å². The third-order valence-corrected chi connectivity index (χ3v) is 6.92. The number of aromatic amines is 1. The zero-order valence-electron chi connectivity index (χ0n) is 16.7. The lowest BCUT2D eigenvalue weighted by atomic mass is 9.98. The summed E-state index contributed by atoms with van der Waals surface area (Å²) in [6.45, 7) is 5.76. The first-order chi connectivity index (χ1) is 13.3. The van der Waals surface area contributed by atoms with Gasteiger partial charge in [-0.25, -0.2) is 12.7 Å². The van der Waals surface area contributed by atoms with Gasteiger partial charge in [-0.3, -0.25) is 14.8 Å². The molecule has 0 atom stereocenters. The topological polar surface area (TPSA) is 108 Å². The number of nitrogens with one attached hydrogen (secondary N) is 2. The summed E-state index contributed by atoms with van der Waals surface area (Å²) in [6, 6.07) is 2.46. The van der Waals surface area contributed by atoms with Gasteiger partial charge < -0.3 is 10.1 Å². The number of carbonyl (C=O) groups excluding carboxylic acids is 1. The van der Waals surface area contributed by atoms with Gasteiger partial charge in [-0.2, -0.15) is 5.10 Å². The van der Waals surface area contributed by atoms with Gasteiger partial charge >= 0.3 is 0 Å². The van der Waals surface area contributed by atoms with E-state index in [4.69, 9.17) is 4.74 Å². The molecule has 0 unspecified atom stereocenters. The van der Waals surface area contributed by atoms with Crippen LogP contribution in [-0.4, -0.2) is 91.5 Å².